The minimum Gasteiger partial charge on any atom is -0.461 e. The van der Waals surface area contributed by atoms with Crippen LogP contribution in [0.4, 0.5) is 5.95 Å². The van der Waals surface area contributed by atoms with Gasteiger partial charge in [0.15, 0.2) is 5.82 Å². The quantitative estimate of drug-likeness (QED) is 0.916. The van der Waals surface area contributed by atoms with Gasteiger partial charge in [-0.25, -0.2) is 0 Å². The van der Waals surface area contributed by atoms with Crippen LogP contribution in [0.15, 0.2) is 11.4 Å². The van der Waals surface area contributed by atoms with Crippen molar-refractivity contribution in [2.75, 3.05) is 11.9 Å². The Morgan fingerprint density at radius 2 is 2.16 bits per heavy atom. The van der Waals surface area contributed by atoms with Gasteiger partial charge in [0.05, 0.1) is 16.0 Å². The number of nitrogens with one attached hydrogen (secondary N) is 1. The van der Waals surface area contributed by atoms with Gasteiger partial charge in [-0.1, -0.05) is 11.6 Å². The summed E-state index contributed by atoms with van der Waals surface area (Å²) in [6.07, 6.45) is 0.00327. The lowest BCUT2D eigenvalue weighted by atomic mass is 10.4. The summed E-state index contributed by atoms with van der Waals surface area (Å²) in [6.45, 7) is 6.55. The van der Waals surface area contributed by atoms with Gasteiger partial charge in [-0.15, -0.1) is 11.3 Å². The van der Waals surface area contributed by atoms with Crippen LogP contribution in [0.2, 0.25) is 5.02 Å². The minimum absolute atomic E-state index is 0.00327. The van der Waals surface area contributed by atoms with Crippen LogP contribution in [-0.4, -0.2) is 27.6 Å². The zero-order valence-corrected chi connectivity index (χ0v) is 12.5. The van der Waals surface area contributed by atoms with Crippen LogP contribution in [-0.2, 0) is 0 Å². The first-order valence-electron chi connectivity index (χ1n) is 6.00. The molecule has 0 amide bonds. The van der Waals surface area contributed by atoms with Crippen LogP contribution < -0.4 is 10.1 Å². The van der Waals surface area contributed by atoms with Gasteiger partial charge in [0.1, 0.15) is 0 Å². The Kier molecular flexibility index (Phi) is 4.55. The number of rotatable bonds is 5. The summed E-state index contributed by atoms with van der Waals surface area (Å²) < 4.78 is 5.54. The molecule has 0 aromatic carbocycles. The van der Waals surface area contributed by atoms with Crippen molar-refractivity contribution >= 4 is 28.9 Å². The topological polar surface area (TPSA) is 59.9 Å². The first-order valence-corrected chi connectivity index (χ1v) is 7.26. The Hall–Kier alpha value is -1.40. The van der Waals surface area contributed by atoms with Gasteiger partial charge in [-0.3, -0.25) is 0 Å². The molecule has 2 aromatic rings. The number of hydrogen-bond acceptors (Lipinski definition) is 6. The molecule has 0 unspecified atom stereocenters. The molecule has 2 rings (SSSR count). The van der Waals surface area contributed by atoms with Crippen molar-refractivity contribution in [1.29, 1.82) is 0 Å². The molecule has 0 radical (unpaired) electrons. The maximum atomic E-state index is 6.11. The molecule has 7 heteroatoms. The van der Waals surface area contributed by atoms with E-state index in [1.165, 1.54) is 11.3 Å². The van der Waals surface area contributed by atoms with E-state index in [0.29, 0.717) is 22.8 Å². The summed E-state index contributed by atoms with van der Waals surface area (Å²) in [5.74, 6) is 1.02. The third-order valence-corrected chi connectivity index (χ3v) is 3.45. The van der Waals surface area contributed by atoms with E-state index in [4.69, 9.17) is 16.3 Å². The number of anilines is 1. The van der Waals surface area contributed by atoms with Gasteiger partial charge >= 0.3 is 6.01 Å². The van der Waals surface area contributed by atoms with Crippen LogP contribution >= 0.6 is 22.9 Å². The molecule has 19 heavy (non-hydrogen) atoms. The van der Waals surface area contributed by atoms with Crippen LogP contribution in [0, 0.1) is 0 Å². The molecular weight excluding hydrogens is 284 g/mol. The van der Waals surface area contributed by atoms with Crippen LogP contribution in [0.25, 0.3) is 10.7 Å². The molecule has 1 N–H and O–H groups in total. The average Bonchev–Trinajstić information content (AvgIpc) is 2.74. The van der Waals surface area contributed by atoms with Crippen molar-refractivity contribution in [2.45, 2.75) is 26.9 Å². The van der Waals surface area contributed by atoms with Gasteiger partial charge < -0.3 is 10.1 Å². The molecule has 0 atom stereocenters. The number of ether oxygens (including phenoxy) is 1. The van der Waals surface area contributed by atoms with Crippen molar-refractivity contribution in [3.8, 4) is 16.7 Å². The average molecular weight is 299 g/mol. The first kappa shape index (κ1) is 14.0. The van der Waals surface area contributed by atoms with Crippen molar-refractivity contribution in [3.63, 3.8) is 0 Å². The summed E-state index contributed by atoms with van der Waals surface area (Å²) in [4.78, 5) is 13.7. The van der Waals surface area contributed by atoms with E-state index in [1.54, 1.807) is 0 Å². The number of thiophene rings is 1. The Morgan fingerprint density at radius 1 is 1.37 bits per heavy atom. The highest BCUT2D eigenvalue weighted by Gasteiger charge is 2.13. The number of hydrogen-bond donors (Lipinski definition) is 1. The lowest BCUT2D eigenvalue weighted by Crippen LogP contribution is -2.12. The molecule has 0 aliphatic carbocycles. The van der Waals surface area contributed by atoms with E-state index in [2.05, 4.69) is 20.3 Å². The fraction of sp³-hybridized carbons (Fsp3) is 0.417. The second-order valence-corrected chi connectivity index (χ2v) is 5.38. The largest absolute Gasteiger partial charge is 0.461 e. The summed E-state index contributed by atoms with van der Waals surface area (Å²) in [5, 5.41) is 5.60. The van der Waals surface area contributed by atoms with E-state index >= 15 is 0 Å². The first-order chi connectivity index (χ1) is 9.10. The van der Waals surface area contributed by atoms with Gasteiger partial charge in [-0.05, 0) is 32.2 Å². The lowest BCUT2D eigenvalue weighted by molar-refractivity contribution is 0.222. The van der Waals surface area contributed by atoms with Gasteiger partial charge in [0.2, 0.25) is 5.95 Å². The summed E-state index contributed by atoms with van der Waals surface area (Å²) >= 11 is 7.60. The van der Waals surface area contributed by atoms with E-state index < -0.39 is 0 Å². The van der Waals surface area contributed by atoms with Crippen LogP contribution in [0.3, 0.4) is 0 Å². The molecule has 0 aliphatic rings. The normalized spacial score (nSPS) is 10.8. The van der Waals surface area contributed by atoms with Crippen molar-refractivity contribution < 1.29 is 4.74 Å². The molecule has 0 spiro atoms. The molecule has 0 aliphatic heterocycles. The Labute approximate surface area is 121 Å². The van der Waals surface area contributed by atoms with E-state index in [1.807, 2.05) is 32.2 Å². The molecule has 2 aromatic heterocycles. The molecular formula is C12H15ClN4OS. The highest BCUT2D eigenvalue weighted by atomic mass is 35.5. The van der Waals surface area contributed by atoms with Crippen LogP contribution in [0.1, 0.15) is 20.8 Å². The van der Waals surface area contributed by atoms with Crippen molar-refractivity contribution in [1.82, 2.24) is 15.0 Å². The monoisotopic (exact) mass is 298 g/mol. The zero-order valence-electron chi connectivity index (χ0n) is 11.0. The van der Waals surface area contributed by atoms with Crippen molar-refractivity contribution in [2.24, 2.45) is 0 Å². The Balaban J connectivity index is 2.42. The van der Waals surface area contributed by atoms with Crippen molar-refractivity contribution in [3.05, 3.63) is 16.5 Å². The number of nitrogens with zero attached hydrogens (tertiary/aromatic N) is 3. The molecule has 0 bridgehead atoms. The summed E-state index contributed by atoms with van der Waals surface area (Å²) in [5.41, 5.74) is 0. The highest BCUT2D eigenvalue weighted by molar-refractivity contribution is 7.14. The standard InChI is InChI=1S/C12H15ClN4OS/c1-4-14-11-15-10(9-8(13)5-6-19-9)16-12(17-11)18-7(2)3/h5-7H,4H2,1-3H3,(H,14,15,16,17). The molecule has 0 saturated heterocycles. The van der Waals surface area contributed by atoms with Gasteiger partial charge in [0, 0.05) is 6.54 Å². The zero-order chi connectivity index (χ0) is 13.8. The molecule has 5 nitrogen and oxygen atoms in total. The molecule has 0 saturated carbocycles. The number of halogens is 1. The minimum atomic E-state index is 0.00327. The molecule has 0 fully saturated rings. The fourth-order valence-electron chi connectivity index (χ4n) is 1.41. The van der Waals surface area contributed by atoms with Gasteiger partial charge in [-0.2, -0.15) is 15.0 Å². The molecule has 2 heterocycles. The maximum absolute atomic E-state index is 6.11. The second-order valence-electron chi connectivity index (χ2n) is 4.06. The highest BCUT2D eigenvalue weighted by Crippen LogP contribution is 2.31. The van der Waals surface area contributed by atoms with Crippen LogP contribution in [0.5, 0.6) is 6.01 Å². The predicted molar refractivity (Wildman–Crippen MR) is 78.1 cm³/mol. The Bertz CT molecular complexity index is 558. The predicted octanol–water partition coefficient (Wildman–Crippen LogP) is 3.47. The second kappa shape index (κ2) is 6.16. The molecule has 102 valence electrons. The third kappa shape index (κ3) is 3.54. The van der Waals surface area contributed by atoms with E-state index in [0.717, 1.165) is 11.4 Å². The van der Waals surface area contributed by atoms with E-state index in [9.17, 15) is 0 Å². The van der Waals surface area contributed by atoms with Gasteiger partial charge in [0.25, 0.3) is 0 Å². The van der Waals surface area contributed by atoms with E-state index in [-0.39, 0.29) is 6.10 Å². The summed E-state index contributed by atoms with van der Waals surface area (Å²) in [6, 6.07) is 2.13. The summed E-state index contributed by atoms with van der Waals surface area (Å²) in [7, 11) is 0. The maximum Gasteiger partial charge on any atom is 0.322 e. The third-order valence-electron chi connectivity index (χ3n) is 2.11. The fourth-order valence-corrected chi connectivity index (χ4v) is 2.49. The Morgan fingerprint density at radius 3 is 2.74 bits per heavy atom. The number of aromatic nitrogens is 3. The lowest BCUT2D eigenvalue weighted by Gasteiger charge is -2.10. The smallest absolute Gasteiger partial charge is 0.322 e. The SMILES string of the molecule is CCNc1nc(OC(C)C)nc(-c2sccc2Cl)n1.